The number of thiocarbonyl (C=S) groups is 1. The number of amides is 2. The van der Waals surface area contributed by atoms with Crippen molar-refractivity contribution in [1.29, 1.82) is 0 Å². The van der Waals surface area contributed by atoms with Crippen LogP contribution < -0.4 is 20.3 Å². The molecule has 11 nitrogen and oxygen atoms in total. The first-order chi connectivity index (χ1) is 20.3. The molecular formula is C30H27N5O6S. The van der Waals surface area contributed by atoms with Gasteiger partial charge in [0.1, 0.15) is 11.5 Å². The maximum absolute atomic E-state index is 12.8. The number of piperazine rings is 1. The second-order valence-corrected chi connectivity index (χ2v) is 9.81. The first-order valence-corrected chi connectivity index (χ1v) is 13.5. The van der Waals surface area contributed by atoms with Crippen molar-refractivity contribution >= 4 is 46.2 Å². The SMILES string of the molecule is COc1ccc(C(=O)N2CCN(c3ccc(NC(=S)NC(=O)c4ccc(-c5ccccc5[N+](=O)[O-])o4)cc3)CC2)cc1. The highest BCUT2D eigenvalue weighted by Gasteiger charge is 2.23. The molecule has 4 aromatic rings. The highest BCUT2D eigenvalue weighted by Crippen LogP contribution is 2.31. The molecule has 2 heterocycles. The molecular weight excluding hydrogens is 558 g/mol. The molecule has 42 heavy (non-hydrogen) atoms. The van der Waals surface area contributed by atoms with Crippen LogP contribution in [0.15, 0.2) is 89.3 Å². The van der Waals surface area contributed by atoms with E-state index < -0.39 is 10.8 Å². The van der Waals surface area contributed by atoms with E-state index in [1.54, 1.807) is 49.6 Å². The average Bonchev–Trinajstić information content (AvgIpc) is 3.52. The summed E-state index contributed by atoms with van der Waals surface area (Å²) in [5.41, 5.74) is 2.47. The maximum atomic E-state index is 12.8. The minimum atomic E-state index is -0.587. The number of methoxy groups -OCH3 is 1. The molecule has 0 atom stereocenters. The van der Waals surface area contributed by atoms with Crippen molar-refractivity contribution in [3.8, 4) is 17.1 Å². The number of benzene rings is 3. The minimum absolute atomic E-state index is 0.000405. The average molecular weight is 586 g/mol. The third kappa shape index (κ3) is 6.39. The van der Waals surface area contributed by atoms with E-state index in [0.717, 1.165) is 5.69 Å². The predicted octanol–water partition coefficient (Wildman–Crippen LogP) is 4.95. The van der Waals surface area contributed by atoms with Crippen molar-refractivity contribution in [2.75, 3.05) is 43.5 Å². The van der Waals surface area contributed by atoms with E-state index in [1.807, 2.05) is 29.2 Å². The summed E-state index contributed by atoms with van der Waals surface area (Å²) in [6, 6.07) is 23.8. The van der Waals surface area contributed by atoms with Gasteiger partial charge in [0.05, 0.1) is 17.6 Å². The minimum Gasteiger partial charge on any atom is -0.497 e. The third-order valence-electron chi connectivity index (χ3n) is 6.82. The molecule has 0 saturated carbocycles. The summed E-state index contributed by atoms with van der Waals surface area (Å²) in [7, 11) is 1.59. The van der Waals surface area contributed by atoms with Gasteiger partial charge in [-0.15, -0.1) is 0 Å². The van der Waals surface area contributed by atoms with Crippen LogP contribution in [-0.4, -0.2) is 60.0 Å². The van der Waals surface area contributed by atoms with Crippen LogP contribution in [0.25, 0.3) is 11.3 Å². The van der Waals surface area contributed by atoms with E-state index in [-0.39, 0.29) is 33.8 Å². The lowest BCUT2D eigenvalue weighted by Crippen LogP contribution is -2.48. The van der Waals surface area contributed by atoms with E-state index in [2.05, 4.69) is 15.5 Å². The second-order valence-electron chi connectivity index (χ2n) is 9.40. The molecule has 12 heteroatoms. The zero-order chi connectivity index (χ0) is 29.6. The van der Waals surface area contributed by atoms with Crippen LogP contribution in [-0.2, 0) is 0 Å². The largest absolute Gasteiger partial charge is 0.497 e. The topological polar surface area (TPSA) is 130 Å². The van der Waals surface area contributed by atoms with Crippen LogP contribution in [0.3, 0.4) is 0 Å². The fourth-order valence-corrected chi connectivity index (χ4v) is 4.82. The normalized spacial score (nSPS) is 12.9. The fraction of sp³-hybridized carbons (Fsp3) is 0.167. The summed E-state index contributed by atoms with van der Waals surface area (Å²) in [6.07, 6.45) is 0. The maximum Gasteiger partial charge on any atom is 0.293 e. The lowest BCUT2D eigenvalue weighted by molar-refractivity contribution is -0.384. The number of hydrogen-bond acceptors (Lipinski definition) is 8. The molecule has 1 fully saturated rings. The van der Waals surface area contributed by atoms with Crippen molar-refractivity contribution < 1.29 is 23.7 Å². The first kappa shape index (κ1) is 28.3. The zero-order valence-corrected chi connectivity index (χ0v) is 23.4. The molecule has 0 bridgehead atoms. The Morgan fingerprint density at radius 1 is 0.929 bits per heavy atom. The number of furan rings is 1. The molecule has 1 aromatic heterocycles. The number of para-hydroxylation sites is 1. The molecule has 5 rings (SSSR count). The van der Waals surface area contributed by atoms with Crippen LogP contribution >= 0.6 is 12.2 Å². The summed E-state index contributed by atoms with van der Waals surface area (Å²) in [4.78, 5) is 40.4. The Balaban J connectivity index is 1.12. The van der Waals surface area contributed by atoms with Crippen molar-refractivity contribution in [3.05, 3.63) is 106 Å². The number of ether oxygens (including phenoxy) is 1. The number of nitro benzene ring substituents is 1. The molecule has 1 saturated heterocycles. The Hall–Kier alpha value is -5.23. The standard InChI is InChI=1S/C30H27N5O6S/c1-40-23-12-6-20(7-13-23)29(37)34-18-16-33(17-19-34)22-10-8-21(9-11-22)31-30(42)32-28(36)27-15-14-26(41-27)24-4-2-3-5-25(24)35(38)39/h2-15H,16-19H2,1H3,(H2,31,32,36,42). The van der Waals surface area contributed by atoms with E-state index in [9.17, 15) is 19.7 Å². The molecule has 0 radical (unpaired) electrons. The van der Waals surface area contributed by atoms with E-state index >= 15 is 0 Å². The van der Waals surface area contributed by atoms with Gasteiger partial charge in [0, 0.05) is 49.2 Å². The Morgan fingerprint density at radius 2 is 1.62 bits per heavy atom. The molecule has 0 aliphatic carbocycles. The predicted molar refractivity (Wildman–Crippen MR) is 162 cm³/mol. The van der Waals surface area contributed by atoms with Gasteiger partial charge in [-0.05, 0) is 78.9 Å². The molecule has 1 aliphatic rings. The molecule has 0 unspecified atom stereocenters. The molecule has 0 spiro atoms. The van der Waals surface area contributed by atoms with Crippen LogP contribution in [0.2, 0.25) is 0 Å². The lowest BCUT2D eigenvalue weighted by atomic mass is 10.1. The fourth-order valence-electron chi connectivity index (χ4n) is 4.61. The van der Waals surface area contributed by atoms with E-state index in [4.69, 9.17) is 21.4 Å². The number of carbonyl (C=O) groups excluding carboxylic acids is 2. The van der Waals surface area contributed by atoms with Crippen molar-refractivity contribution in [2.45, 2.75) is 0 Å². The van der Waals surface area contributed by atoms with E-state index in [0.29, 0.717) is 43.2 Å². The van der Waals surface area contributed by atoms with Gasteiger partial charge in [-0.3, -0.25) is 25.0 Å². The Morgan fingerprint density at radius 3 is 2.29 bits per heavy atom. The highest BCUT2D eigenvalue weighted by atomic mass is 32.1. The Kier molecular flexibility index (Phi) is 8.44. The van der Waals surface area contributed by atoms with Crippen LogP contribution in [0.5, 0.6) is 5.75 Å². The molecule has 2 N–H and O–H groups in total. The van der Waals surface area contributed by atoms with Crippen molar-refractivity contribution in [2.24, 2.45) is 0 Å². The monoisotopic (exact) mass is 585 g/mol. The summed E-state index contributed by atoms with van der Waals surface area (Å²) in [6.45, 7) is 2.60. The van der Waals surface area contributed by atoms with E-state index in [1.165, 1.54) is 18.2 Å². The molecule has 3 aromatic carbocycles. The molecule has 2 amide bonds. The van der Waals surface area contributed by atoms with Crippen LogP contribution in [0, 0.1) is 10.1 Å². The van der Waals surface area contributed by atoms with Crippen LogP contribution in [0.4, 0.5) is 17.1 Å². The lowest BCUT2D eigenvalue weighted by Gasteiger charge is -2.36. The molecule has 214 valence electrons. The Bertz CT molecular complexity index is 1610. The summed E-state index contributed by atoms with van der Waals surface area (Å²) in [5, 5.41) is 16.9. The number of nitro groups is 1. The van der Waals surface area contributed by atoms with Crippen molar-refractivity contribution in [3.63, 3.8) is 0 Å². The van der Waals surface area contributed by atoms with Gasteiger partial charge in [0.25, 0.3) is 17.5 Å². The summed E-state index contributed by atoms with van der Waals surface area (Å²) >= 11 is 5.29. The van der Waals surface area contributed by atoms with Gasteiger partial charge in [0.2, 0.25) is 0 Å². The third-order valence-corrected chi connectivity index (χ3v) is 7.02. The quantitative estimate of drug-likeness (QED) is 0.176. The smallest absolute Gasteiger partial charge is 0.293 e. The number of anilines is 2. The number of hydrogen-bond donors (Lipinski definition) is 2. The number of carbonyl (C=O) groups is 2. The van der Waals surface area contributed by atoms with Gasteiger partial charge in [-0.2, -0.15) is 0 Å². The number of rotatable bonds is 7. The number of nitrogens with zero attached hydrogens (tertiary/aromatic N) is 3. The van der Waals surface area contributed by atoms with Crippen molar-refractivity contribution in [1.82, 2.24) is 10.2 Å². The molecule has 1 aliphatic heterocycles. The second kappa shape index (κ2) is 12.5. The van der Waals surface area contributed by atoms with Gasteiger partial charge < -0.3 is 24.3 Å². The first-order valence-electron chi connectivity index (χ1n) is 13.1. The zero-order valence-electron chi connectivity index (χ0n) is 22.6. The summed E-state index contributed by atoms with van der Waals surface area (Å²) in [5.74, 6) is 0.290. The number of nitrogens with one attached hydrogen (secondary N) is 2. The summed E-state index contributed by atoms with van der Waals surface area (Å²) < 4.78 is 10.7. The van der Waals surface area contributed by atoms with Gasteiger partial charge >= 0.3 is 0 Å². The Labute approximate surface area is 246 Å². The highest BCUT2D eigenvalue weighted by molar-refractivity contribution is 7.80. The van der Waals surface area contributed by atoms with Gasteiger partial charge in [-0.25, -0.2) is 0 Å². The van der Waals surface area contributed by atoms with Gasteiger partial charge in [-0.1, -0.05) is 12.1 Å². The van der Waals surface area contributed by atoms with Gasteiger partial charge in [0.15, 0.2) is 10.9 Å². The van der Waals surface area contributed by atoms with Crippen LogP contribution in [0.1, 0.15) is 20.9 Å².